The van der Waals surface area contributed by atoms with Crippen LogP contribution in [-0.4, -0.2) is 57.3 Å². The highest BCUT2D eigenvalue weighted by Crippen LogP contribution is 2.34. The molecule has 1 saturated heterocycles. The van der Waals surface area contributed by atoms with Gasteiger partial charge in [0.25, 0.3) is 0 Å². The third-order valence-corrected chi connectivity index (χ3v) is 5.83. The Morgan fingerprint density at radius 1 is 1.29 bits per heavy atom. The van der Waals surface area contributed by atoms with Gasteiger partial charge in [0, 0.05) is 50.5 Å². The summed E-state index contributed by atoms with van der Waals surface area (Å²) in [5.74, 6) is 0.365. The number of nitrogens with two attached hydrogens (primary N) is 1. The second-order valence-electron chi connectivity index (χ2n) is 8.63. The standard InChI is InChI=1S/C21H30F3N5O2/c1-3-4-17-26-16-12-28(8-7-15(16)20(27-17)21(22,23)24)19(31)9-14(25)11-29-10-13(2)5-6-18(29)30/h13-14H,3-12,25H2,1-2H3/t13-,14+/m1/s1. The Morgan fingerprint density at radius 2 is 2.03 bits per heavy atom. The van der Waals surface area contributed by atoms with E-state index in [9.17, 15) is 22.8 Å². The minimum Gasteiger partial charge on any atom is -0.341 e. The van der Waals surface area contributed by atoms with Gasteiger partial charge in [0.2, 0.25) is 11.8 Å². The van der Waals surface area contributed by atoms with Crippen molar-refractivity contribution >= 4 is 11.8 Å². The van der Waals surface area contributed by atoms with Gasteiger partial charge < -0.3 is 15.5 Å². The fourth-order valence-electron chi connectivity index (χ4n) is 4.24. The van der Waals surface area contributed by atoms with Crippen LogP contribution in [0.4, 0.5) is 13.2 Å². The van der Waals surface area contributed by atoms with Gasteiger partial charge in [-0.3, -0.25) is 9.59 Å². The highest BCUT2D eigenvalue weighted by molar-refractivity contribution is 5.78. The first-order chi connectivity index (χ1) is 14.6. The molecule has 0 radical (unpaired) electrons. The molecule has 0 unspecified atom stereocenters. The molecule has 0 aromatic carbocycles. The molecule has 7 nitrogen and oxygen atoms in total. The van der Waals surface area contributed by atoms with Crippen LogP contribution in [0.3, 0.4) is 0 Å². The van der Waals surface area contributed by atoms with Gasteiger partial charge in [-0.25, -0.2) is 9.97 Å². The van der Waals surface area contributed by atoms with E-state index in [0.29, 0.717) is 38.3 Å². The lowest BCUT2D eigenvalue weighted by molar-refractivity contribution is -0.142. The Bertz CT molecular complexity index is 830. The smallest absolute Gasteiger partial charge is 0.341 e. The summed E-state index contributed by atoms with van der Waals surface area (Å²) in [5, 5.41) is 0. The quantitative estimate of drug-likeness (QED) is 0.731. The molecular weight excluding hydrogens is 411 g/mol. The van der Waals surface area contributed by atoms with Gasteiger partial charge in [-0.15, -0.1) is 0 Å². The molecule has 31 heavy (non-hydrogen) atoms. The van der Waals surface area contributed by atoms with Crippen LogP contribution in [-0.2, 0) is 35.2 Å². The molecule has 2 aliphatic heterocycles. The molecule has 10 heteroatoms. The number of aromatic nitrogens is 2. The Balaban J connectivity index is 1.67. The zero-order chi connectivity index (χ0) is 22.8. The van der Waals surface area contributed by atoms with Crippen molar-refractivity contribution in [2.75, 3.05) is 19.6 Å². The van der Waals surface area contributed by atoms with E-state index >= 15 is 0 Å². The number of likely N-dealkylation sites (tertiary alicyclic amines) is 1. The molecule has 2 aliphatic rings. The molecule has 0 spiro atoms. The lowest BCUT2D eigenvalue weighted by Crippen LogP contribution is -2.48. The van der Waals surface area contributed by atoms with E-state index in [0.717, 1.165) is 6.42 Å². The largest absolute Gasteiger partial charge is 0.433 e. The predicted molar refractivity (Wildman–Crippen MR) is 108 cm³/mol. The Labute approximate surface area is 180 Å². The van der Waals surface area contributed by atoms with Crippen molar-refractivity contribution in [3.63, 3.8) is 0 Å². The molecule has 3 heterocycles. The van der Waals surface area contributed by atoms with E-state index in [2.05, 4.69) is 16.9 Å². The Kier molecular flexibility index (Phi) is 7.18. The first kappa shape index (κ1) is 23.4. The molecule has 1 aromatic rings. The summed E-state index contributed by atoms with van der Waals surface area (Å²) in [7, 11) is 0. The van der Waals surface area contributed by atoms with E-state index < -0.39 is 17.9 Å². The van der Waals surface area contributed by atoms with E-state index in [1.165, 1.54) is 4.90 Å². The van der Waals surface area contributed by atoms with Crippen LogP contribution < -0.4 is 5.73 Å². The van der Waals surface area contributed by atoms with Gasteiger partial charge in [0.05, 0.1) is 12.2 Å². The number of piperidine rings is 1. The third kappa shape index (κ3) is 5.72. The molecule has 3 rings (SSSR count). The second kappa shape index (κ2) is 9.50. The van der Waals surface area contributed by atoms with Crippen molar-refractivity contribution in [3.8, 4) is 0 Å². The monoisotopic (exact) mass is 441 g/mol. The maximum absolute atomic E-state index is 13.5. The molecule has 2 amide bonds. The fraction of sp³-hybridized carbons (Fsp3) is 0.714. The molecule has 0 bridgehead atoms. The fourth-order valence-corrected chi connectivity index (χ4v) is 4.24. The van der Waals surface area contributed by atoms with Crippen molar-refractivity contribution in [2.45, 2.75) is 71.1 Å². The normalized spacial score (nSPS) is 20.6. The molecule has 0 saturated carbocycles. The molecule has 2 N–H and O–H groups in total. The molecule has 1 aromatic heterocycles. The SMILES string of the molecule is CCCc1nc2c(c(C(F)(F)F)n1)CCN(C(=O)C[C@H](N)CN1C[C@H](C)CCC1=O)C2. The number of alkyl halides is 3. The number of fused-ring (bicyclic) bond motifs is 1. The van der Waals surface area contributed by atoms with Crippen LogP contribution in [0.1, 0.15) is 62.3 Å². The Morgan fingerprint density at radius 3 is 2.71 bits per heavy atom. The first-order valence-electron chi connectivity index (χ1n) is 10.9. The Hall–Kier alpha value is -2.23. The van der Waals surface area contributed by atoms with Crippen LogP contribution in [0.25, 0.3) is 0 Å². The summed E-state index contributed by atoms with van der Waals surface area (Å²) < 4.78 is 40.5. The zero-order valence-corrected chi connectivity index (χ0v) is 18.0. The van der Waals surface area contributed by atoms with Gasteiger partial charge in [0.15, 0.2) is 5.69 Å². The summed E-state index contributed by atoms with van der Waals surface area (Å²) >= 11 is 0. The van der Waals surface area contributed by atoms with Crippen LogP contribution in [0.15, 0.2) is 0 Å². The molecular formula is C21H30F3N5O2. The average molecular weight is 441 g/mol. The number of aryl methyl sites for hydroxylation is 1. The minimum absolute atomic E-state index is 0.0167. The van der Waals surface area contributed by atoms with E-state index in [4.69, 9.17) is 5.73 Å². The van der Waals surface area contributed by atoms with Crippen molar-refractivity contribution < 1.29 is 22.8 Å². The molecule has 2 atom stereocenters. The second-order valence-corrected chi connectivity index (χ2v) is 8.63. The number of carbonyl (C=O) groups excluding carboxylic acids is 2. The van der Waals surface area contributed by atoms with Crippen molar-refractivity contribution in [2.24, 2.45) is 11.7 Å². The average Bonchev–Trinajstić information content (AvgIpc) is 2.69. The number of nitrogens with zero attached hydrogens (tertiary/aromatic N) is 4. The third-order valence-electron chi connectivity index (χ3n) is 5.83. The lowest BCUT2D eigenvalue weighted by Gasteiger charge is -2.34. The number of halogens is 3. The highest BCUT2D eigenvalue weighted by Gasteiger charge is 2.39. The predicted octanol–water partition coefficient (Wildman–Crippen LogP) is 2.31. The lowest BCUT2D eigenvalue weighted by atomic mass is 9.98. The van der Waals surface area contributed by atoms with Gasteiger partial charge in [-0.05, 0) is 25.2 Å². The van der Waals surface area contributed by atoms with Gasteiger partial charge in [0.1, 0.15) is 5.82 Å². The molecule has 0 aliphatic carbocycles. The van der Waals surface area contributed by atoms with Crippen molar-refractivity contribution in [1.29, 1.82) is 0 Å². The summed E-state index contributed by atoms with van der Waals surface area (Å²) in [6.45, 7) is 5.04. The van der Waals surface area contributed by atoms with Crippen LogP contribution in [0, 0.1) is 5.92 Å². The number of carbonyl (C=O) groups is 2. The molecule has 1 fully saturated rings. The minimum atomic E-state index is -4.55. The van der Waals surface area contributed by atoms with E-state index in [1.54, 1.807) is 4.90 Å². The number of hydrogen-bond donors (Lipinski definition) is 1. The maximum Gasteiger partial charge on any atom is 0.433 e. The van der Waals surface area contributed by atoms with Gasteiger partial charge in [-0.2, -0.15) is 13.2 Å². The topological polar surface area (TPSA) is 92.4 Å². The number of hydrogen-bond acceptors (Lipinski definition) is 5. The van der Waals surface area contributed by atoms with Crippen LogP contribution in [0.5, 0.6) is 0 Å². The number of amides is 2. The summed E-state index contributed by atoms with van der Waals surface area (Å²) in [6, 6.07) is -0.519. The maximum atomic E-state index is 13.5. The van der Waals surface area contributed by atoms with E-state index in [-0.39, 0.29) is 54.8 Å². The van der Waals surface area contributed by atoms with Crippen LogP contribution in [0.2, 0.25) is 0 Å². The first-order valence-corrected chi connectivity index (χ1v) is 10.9. The zero-order valence-electron chi connectivity index (χ0n) is 18.0. The highest BCUT2D eigenvalue weighted by atomic mass is 19.4. The van der Waals surface area contributed by atoms with Crippen molar-refractivity contribution in [1.82, 2.24) is 19.8 Å². The van der Waals surface area contributed by atoms with Gasteiger partial charge in [-0.1, -0.05) is 13.8 Å². The van der Waals surface area contributed by atoms with Crippen LogP contribution >= 0.6 is 0 Å². The molecule has 172 valence electrons. The summed E-state index contributed by atoms with van der Waals surface area (Å²) in [6.07, 6.45) is -2.14. The summed E-state index contributed by atoms with van der Waals surface area (Å²) in [4.78, 5) is 36.1. The van der Waals surface area contributed by atoms with Gasteiger partial charge >= 0.3 is 6.18 Å². The van der Waals surface area contributed by atoms with E-state index in [1.807, 2.05) is 6.92 Å². The number of rotatable bonds is 6. The summed E-state index contributed by atoms with van der Waals surface area (Å²) in [5.41, 5.74) is 5.60. The van der Waals surface area contributed by atoms with Crippen molar-refractivity contribution in [3.05, 3.63) is 22.8 Å².